The summed E-state index contributed by atoms with van der Waals surface area (Å²) in [6, 6.07) is 2.93. The van der Waals surface area contributed by atoms with Crippen molar-refractivity contribution in [1.82, 2.24) is 0 Å². The van der Waals surface area contributed by atoms with Gasteiger partial charge in [-0.05, 0) is 37.1 Å². The average Bonchev–Trinajstić information content (AvgIpc) is 2.37. The molecule has 6 heteroatoms. The molecular weight excluding hydrogens is 265 g/mol. The van der Waals surface area contributed by atoms with Crippen LogP contribution in [0.25, 0.3) is 0 Å². The van der Waals surface area contributed by atoms with Crippen molar-refractivity contribution in [2.45, 2.75) is 25.4 Å². The highest BCUT2D eigenvalue weighted by Gasteiger charge is 2.31. The Morgan fingerprint density at radius 1 is 1.35 bits per heavy atom. The van der Waals surface area contributed by atoms with E-state index >= 15 is 0 Å². The van der Waals surface area contributed by atoms with Gasteiger partial charge in [0.15, 0.2) is 11.5 Å². The molecule has 1 rings (SSSR count). The van der Waals surface area contributed by atoms with E-state index in [9.17, 15) is 14.3 Å². The van der Waals surface area contributed by atoms with Crippen molar-refractivity contribution in [3.8, 4) is 11.5 Å². The number of carbonyl (C=O) groups is 1. The number of benzene rings is 1. The second kappa shape index (κ2) is 6.09. The van der Waals surface area contributed by atoms with Gasteiger partial charge < -0.3 is 20.3 Å². The van der Waals surface area contributed by atoms with Crippen molar-refractivity contribution in [3.05, 3.63) is 23.3 Å². The number of hydrogen-bond donors (Lipinski definition) is 2. The van der Waals surface area contributed by atoms with E-state index in [0.29, 0.717) is 17.1 Å². The molecule has 0 amide bonds. The fourth-order valence-electron chi connectivity index (χ4n) is 2.06. The summed E-state index contributed by atoms with van der Waals surface area (Å²) in [6.07, 6.45) is 0. The van der Waals surface area contributed by atoms with Crippen LogP contribution in [0.4, 0.5) is 4.39 Å². The standard InChI is InChI=1S/C14H20FNO4/c1-14(2,15)10-6-12(20-4)11(19-3)5-8(10)9(7-16)13(17)18/h5-6,9H,7,16H2,1-4H3,(H,17,18). The molecule has 0 radical (unpaired) electrons. The van der Waals surface area contributed by atoms with Crippen LogP contribution in [0.3, 0.4) is 0 Å². The van der Waals surface area contributed by atoms with Crippen LogP contribution in [0.1, 0.15) is 30.9 Å². The first-order chi connectivity index (χ1) is 9.26. The third kappa shape index (κ3) is 3.19. The zero-order chi connectivity index (χ0) is 15.5. The summed E-state index contributed by atoms with van der Waals surface area (Å²) in [5.41, 5.74) is 4.31. The van der Waals surface area contributed by atoms with Gasteiger partial charge in [-0.25, -0.2) is 4.39 Å². The number of nitrogens with two attached hydrogens (primary N) is 1. The Balaban J connectivity index is 3.58. The Hall–Kier alpha value is -1.82. The normalized spacial score (nSPS) is 12.9. The SMILES string of the molecule is COc1cc(C(CN)C(=O)O)c(C(C)(C)F)cc1OC. The molecule has 0 bridgehead atoms. The first-order valence-electron chi connectivity index (χ1n) is 6.14. The lowest BCUT2D eigenvalue weighted by Crippen LogP contribution is -2.25. The monoisotopic (exact) mass is 285 g/mol. The van der Waals surface area contributed by atoms with Gasteiger partial charge in [-0.1, -0.05) is 0 Å². The molecule has 1 aromatic carbocycles. The lowest BCUT2D eigenvalue weighted by molar-refractivity contribution is -0.138. The molecule has 0 spiro atoms. The number of carboxylic acids is 1. The minimum atomic E-state index is -1.72. The molecule has 20 heavy (non-hydrogen) atoms. The van der Waals surface area contributed by atoms with E-state index in [1.807, 2.05) is 0 Å². The average molecular weight is 285 g/mol. The van der Waals surface area contributed by atoms with E-state index in [1.54, 1.807) is 0 Å². The van der Waals surface area contributed by atoms with Crippen LogP contribution in [-0.4, -0.2) is 31.8 Å². The molecular formula is C14H20FNO4. The van der Waals surface area contributed by atoms with Gasteiger partial charge >= 0.3 is 5.97 Å². The summed E-state index contributed by atoms with van der Waals surface area (Å²) in [5.74, 6) is -1.42. The highest BCUT2D eigenvalue weighted by Crippen LogP contribution is 2.39. The first-order valence-corrected chi connectivity index (χ1v) is 6.14. The molecule has 0 aromatic heterocycles. The minimum Gasteiger partial charge on any atom is -0.493 e. The Kier molecular flexibility index (Phi) is 4.94. The molecule has 0 aliphatic carbocycles. The molecule has 3 N–H and O–H groups in total. The second-order valence-corrected chi connectivity index (χ2v) is 4.89. The summed E-state index contributed by atoms with van der Waals surface area (Å²) in [4.78, 5) is 11.3. The highest BCUT2D eigenvalue weighted by atomic mass is 19.1. The third-order valence-corrected chi connectivity index (χ3v) is 3.11. The Bertz CT molecular complexity index is 497. The Morgan fingerprint density at radius 3 is 2.20 bits per heavy atom. The number of aliphatic carboxylic acids is 1. The van der Waals surface area contributed by atoms with Crippen LogP contribution in [0.5, 0.6) is 11.5 Å². The van der Waals surface area contributed by atoms with Gasteiger partial charge in [0.1, 0.15) is 5.67 Å². The lowest BCUT2D eigenvalue weighted by Gasteiger charge is -2.24. The van der Waals surface area contributed by atoms with E-state index in [2.05, 4.69) is 0 Å². The lowest BCUT2D eigenvalue weighted by atomic mass is 9.86. The van der Waals surface area contributed by atoms with Crippen LogP contribution < -0.4 is 15.2 Å². The maximum atomic E-state index is 14.4. The summed E-state index contributed by atoms with van der Waals surface area (Å²) in [5, 5.41) is 9.23. The smallest absolute Gasteiger partial charge is 0.312 e. The molecule has 0 aliphatic rings. The van der Waals surface area contributed by atoms with Crippen LogP contribution in [-0.2, 0) is 10.5 Å². The van der Waals surface area contributed by atoms with E-state index in [-0.39, 0.29) is 12.1 Å². The quantitative estimate of drug-likeness (QED) is 0.835. The number of halogens is 1. The molecule has 0 heterocycles. The van der Waals surface area contributed by atoms with Crippen molar-refractivity contribution in [1.29, 1.82) is 0 Å². The molecule has 0 aliphatic heterocycles. The van der Waals surface area contributed by atoms with Gasteiger partial charge in [-0.3, -0.25) is 4.79 Å². The number of methoxy groups -OCH3 is 2. The molecule has 1 unspecified atom stereocenters. The number of ether oxygens (including phenoxy) is 2. The number of rotatable bonds is 6. The van der Waals surface area contributed by atoms with Crippen LogP contribution in [0.15, 0.2) is 12.1 Å². The van der Waals surface area contributed by atoms with Gasteiger partial charge in [0.05, 0.1) is 20.1 Å². The van der Waals surface area contributed by atoms with Crippen molar-refractivity contribution >= 4 is 5.97 Å². The first kappa shape index (κ1) is 16.2. The van der Waals surface area contributed by atoms with Crippen molar-refractivity contribution in [2.75, 3.05) is 20.8 Å². The topological polar surface area (TPSA) is 81.8 Å². The zero-order valence-corrected chi connectivity index (χ0v) is 12.1. The maximum absolute atomic E-state index is 14.4. The summed E-state index contributed by atoms with van der Waals surface area (Å²) < 4.78 is 24.6. The highest BCUT2D eigenvalue weighted by molar-refractivity contribution is 5.77. The summed E-state index contributed by atoms with van der Waals surface area (Å²) >= 11 is 0. The van der Waals surface area contributed by atoms with Gasteiger partial charge in [0, 0.05) is 6.54 Å². The van der Waals surface area contributed by atoms with Crippen molar-refractivity contribution in [3.63, 3.8) is 0 Å². The molecule has 112 valence electrons. The van der Waals surface area contributed by atoms with Gasteiger partial charge in [0.2, 0.25) is 0 Å². The fraction of sp³-hybridized carbons (Fsp3) is 0.500. The number of hydrogen-bond acceptors (Lipinski definition) is 4. The summed E-state index contributed by atoms with van der Waals surface area (Å²) in [7, 11) is 2.87. The number of alkyl halides is 1. The second-order valence-electron chi connectivity index (χ2n) is 4.89. The predicted octanol–water partition coefficient (Wildman–Crippen LogP) is 2.04. The van der Waals surface area contributed by atoms with E-state index in [1.165, 1.54) is 40.2 Å². The maximum Gasteiger partial charge on any atom is 0.312 e. The zero-order valence-electron chi connectivity index (χ0n) is 12.1. The van der Waals surface area contributed by atoms with Crippen LogP contribution in [0, 0.1) is 0 Å². The van der Waals surface area contributed by atoms with Crippen LogP contribution >= 0.6 is 0 Å². The molecule has 1 atom stereocenters. The molecule has 1 aromatic rings. The van der Waals surface area contributed by atoms with E-state index < -0.39 is 17.6 Å². The van der Waals surface area contributed by atoms with Gasteiger partial charge in [0.25, 0.3) is 0 Å². The molecule has 0 saturated heterocycles. The van der Waals surface area contributed by atoms with Crippen molar-refractivity contribution in [2.24, 2.45) is 5.73 Å². The van der Waals surface area contributed by atoms with Crippen LogP contribution in [0.2, 0.25) is 0 Å². The number of carboxylic acid groups (broad SMARTS) is 1. The minimum absolute atomic E-state index is 0.131. The third-order valence-electron chi connectivity index (χ3n) is 3.11. The molecule has 0 saturated carbocycles. The van der Waals surface area contributed by atoms with Gasteiger partial charge in [-0.2, -0.15) is 0 Å². The fourth-order valence-corrected chi connectivity index (χ4v) is 2.06. The Labute approximate surface area is 117 Å². The van der Waals surface area contributed by atoms with Gasteiger partial charge in [-0.15, -0.1) is 0 Å². The largest absolute Gasteiger partial charge is 0.493 e. The van der Waals surface area contributed by atoms with E-state index in [0.717, 1.165) is 0 Å². The molecule has 5 nitrogen and oxygen atoms in total. The summed E-state index contributed by atoms with van der Waals surface area (Å²) in [6.45, 7) is 2.58. The Morgan fingerprint density at radius 2 is 1.85 bits per heavy atom. The molecule has 0 fully saturated rings. The van der Waals surface area contributed by atoms with E-state index in [4.69, 9.17) is 15.2 Å². The predicted molar refractivity (Wildman–Crippen MR) is 73.1 cm³/mol. The van der Waals surface area contributed by atoms with Crippen molar-refractivity contribution < 1.29 is 23.8 Å².